The number of benzene rings is 1. The first-order chi connectivity index (χ1) is 6.15. The van der Waals surface area contributed by atoms with Crippen molar-refractivity contribution in [2.45, 2.75) is 40.2 Å². The van der Waals surface area contributed by atoms with Crippen molar-refractivity contribution in [3.63, 3.8) is 0 Å². The van der Waals surface area contributed by atoms with Crippen LogP contribution >= 0.6 is 0 Å². The SMILES string of the molecule is CC[C@H](C)Nc1cccc(C)c1C. The van der Waals surface area contributed by atoms with Crippen LogP contribution in [0.5, 0.6) is 0 Å². The van der Waals surface area contributed by atoms with Crippen LogP contribution in [0.4, 0.5) is 5.69 Å². The van der Waals surface area contributed by atoms with E-state index < -0.39 is 0 Å². The molecule has 0 saturated carbocycles. The number of nitrogens with one attached hydrogen (secondary N) is 1. The van der Waals surface area contributed by atoms with Gasteiger partial charge in [0.05, 0.1) is 0 Å². The minimum atomic E-state index is 0.556. The van der Waals surface area contributed by atoms with Crippen molar-refractivity contribution in [2.75, 3.05) is 5.32 Å². The van der Waals surface area contributed by atoms with E-state index in [1.54, 1.807) is 0 Å². The van der Waals surface area contributed by atoms with Gasteiger partial charge in [0.1, 0.15) is 0 Å². The van der Waals surface area contributed by atoms with E-state index in [1.165, 1.54) is 16.8 Å². The zero-order valence-electron chi connectivity index (χ0n) is 9.02. The summed E-state index contributed by atoms with van der Waals surface area (Å²) in [6.45, 7) is 8.72. The van der Waals surface area contributed by atoms with E-state index in [4.69, 9.17) is 0 Å². The van der Waals surface area contributed by atoms with Gasteiger partial charge in [-0.2, -0.15) is 0 Å². The average Bonchev–Trinajstić information content (AvgIpc) is 2.13. The van der Waals surface area contributed by atoms with Crippen LogP contribution in [0.3, 0.4) is 0 Å². The van der Waals surface area contributed by atoms with Crippen LogP contribution in [0.15, 0.2) is 18.2 Å². The summed E-state index contributed by atoms with van der Waals surface area (Å²) < 4.78 is 0. The van der Waals surface area contributed by atoms with Crippen LogP contribution < -0.4 is 5.32 Å². The smallest absolute Gasteiger partial charge is 0.0374 e. The zero-order chi connectivity index (χ0) is 9.84. The molecule has 1 rings (SSSR count). The van der Waals surface area contributed by atoms with Crippen molar-refractivity contribution < 1.29 is 0 Å². The Hall–Kier alpha value is -0.980. The van der Waals surface area contributed by atoms with Gasteiger partial charge in [0.2, 0.25) is 0 Å². The van der Waals surface area contributed by atoms with Crippen LogP contribution in [0, 0.1) is 13.8 Å². The molecule has 0 amide bonds. The molecule has 0 aliphatic heterocycles. The minimum Gasteiger partial charge on any atom is -0.382 e. The zero-order valence-corrected chi connectivity index (χ0v) is 9.02. The lowest BCUT2D eigenvalue weighted by Gasteiger charge is -2.16. The van der Waals surface area contributed by atoms with Gasteiger partial charge in [0.15, 0.2) is 0 Å². The summed E-state index contributed by atoms with van der Waals surface area (Å²) in [6.07, 6.45) is 1.16. The molecule has 0 aliphatic rings. The second-order valence-corrected chi connectivity index (χ2v) is 3.70. The predicted molar refractivity (Wildman–Crippen MR) is 59.3 cm³/mol. The molecular weight excluding hydrogens is 158 g/mol. The van der Waals surface area contributed by atoms with E-state index in [0.717, 1.165) is 6.42 Å². The standard InChI is InChI=1S/C12H19N/c1-5-10(3)13-12-8-6-7-9(2)11(12)4/h6-8,10,13H,5H2,1-4H3/t10-/m0/s1. The Labute approximate surface area is 81.2 Å². The van der Waals surface area contributed by atoms with Crippen molar-refractivity contribution in [1.82, 2.24) is 0 Å². The van der Waals surface area contributed by atoms with Crippen LogP contribution in [-0.4, -0.2) is 6.04 Å². The van der Waals surface area contributed by atoms with E-state index in [0.29, 0.717) is 6.04 Å². The van der Waals surface area contributed by atoms with Gasteiger partial charge in [-0.05, 0) is 44.4 Å². The number of hydrogen-bond acceptors (Lipinski definition) is 1. The second-order valence-electron chi connectivity index (χ2n) is 3.70. The third-order valence-electron chi connectivity index (χ3n) is 2.62. The normalized spacial score (nSPS) is 12.6. The Morgan fingerprint density at radius 3 is 2.62 bits per heavy atom. The first-order valence-corrected chi connectivity index (χ1v) is 4.98. The van der Waals surface area contributed by atoms with E-state index in [2.05, 4.69) is 51.2 Å². The molecule has 1 aromatic rings. The molecule has 1 heteroatoms. The summed E-state index contributed by atoms with van der Waals surface area (Å²) in [5.41, 5.74) is 3.99. The lowest BCUT2D eigenvalue weighted by Crippen LogP contribution is -2.14. The van der Waals surface area contributed by atoms with Gasteiger partial charge in [-0.3, -0.25) is 0 Å². The first-order valence-electron chi connectivity index (χ1n) is 4.98. The van der Waals surface area contributed by atoms with Gasteiger partial charge >= 0.3 is 0 Å². The average molecular weight is 177 g/mol. The van der Waals surface area contributed by atoms with Crippen LogP contribution in [-0.2, 0) is 0 Å². The van der Waals surface area contributed by atoms with E-state index in [9.17, 15) is 0 Å². The lowest BCUT2D eigenvalue weighted by atomic mass is 10.1. The summed E-state index contributed by atoms with van der Waals surface area (Å²) in [5.74, 6) is 0. The predicted octanol–water partition coefficient (Wildman–Crippen LogP) is 3.51. The Balaban J connectivity index is 2.83. The topological polar surface area (TPSA) is 12.0 Å². The molecule has 0 fully saturated rings. The van der Waals surface area contributed by atoms with Crippen molar-refractivity contribution in [2.24, 2.45) is 0 Å². The molecule has 72 valence electrons. The van der Waals surface area contributed by atoms with Crippen molar-refractivity contribution in [3.8, 4) is 0 Å². The highest BCUT2D eigenvalue weighted by atomic mass is 14.9. The van der Waals surface area contributed by atoms with Crippen molar-refractivity contribution in [1.29, 1.82) is 0 Å². The number of anilines is 1. The summed E-state index contributed by atoms with van der Waals surface area (Å²) in [7, 11) is 0. The van der Waals surface area contributed by atoms with Gasteiger partial charge in [0, 0.05) is 11.7 Å². The highest BCUT2D eigenvalue weighted by Crippen LogP contribution is 2.19. The fourth-order valence-electron chi connectivity index (χ4n) is 1.27. The van der Waals surface area contributed by atoms with Crippen LogP contribution in [0.2, 0.25) is 0 Å². The molecule has 0 saturated heterocycles. The highest BCUT2D eigenvalue weighted by molar-refractivity contribution is 5.54. The van der Waals surface area contributed by atoms with Gasteiger partial charge < -0.3 is 5.32 Å². The summed E-state index contributed by atoms with van der Waals surface area (Å²) in [4.78, 5) is 0. The maximum atomic E-state index is 3.50. The summed E-state index contributed by atoms with van der Waals surface area (Å²) in [5, 5.41) is 3.50. The van der Waals surface area contributed by atoms with Gasteiger partial charge in [0.25, 0.3) is 0 Å². The molecule has 0 heterocycles. The Morgan fingerprint density at radius 1 is 1.31 bits per heavy atom. The molecule has 0 unspecified atom stereocenters. The maximum Gasteiger partial charge on any atom is 0.0374 e. The third kappa shape index (κ3) is 2.48. The molecule has 13 heavy (non-hydrogen) atoms. The second kappa shape index (κ2) is 4.31. The molecule has 0 radical (unpaired) electrons. The molecule has 1 N–H and O–H groups in total. The fraction of sp³-hybridized carbons (Fsp3) is 0.500. The molecule has 1 aromatic carbocycles. The highest BCUT2D eigenvalue weighted by Gasteiger charge is 2.02. The fourth-order valence-corrected chi connectivity index (χ4v) is 1.27. The molecule has 0 spiro atoms. The van der Waals surface area contributed by atoms with Crippen LogP contribution in [0.1, 0.15) is 31.4 Å². The molecule has 0 bridgehead atoms. The number of aryl methyl sites for hydroxylation is 1. The molecule has 0 aliphatic carbocycles. The molecule has 0 aromatic heterocycles. The third-order valence-corrected chi connectivity index (χ3v) is 2.62. The largest absolute Gasteiger partial charge is 0.382 e. The summed E-state index contributed by atoms with van der Waals surface area (Å²) >= 11 is 0. The lowest BCUT2D eigenvalue weighted by molar-refractivity contribution is 0.763. The number of rotatable bonds is 3. The van der Waals surface area contributed by atoms with E-state index in [-0.39, 0.29) is 0 Å². The summed E-state index contributed by atoms with van der Waals surface area (Å²) in [6, 6.07) is 6.96. The Kier molecular flexibility index (Phi) is 3.35. The Morgan fingerprint density at radius 2 is 2.00 bits per heavy atom. The minimum absolute atomic E-state index is 0.556. The van der Waals surface area contributed by atoms with Gasteiger partial charge in [-0.1, -0.05) is 19.1 Å². The first kappa shape index (κ1) is 10.1. The van der Waals surface area contributed by atoms with E-state index >= 15 is 0 Å². The van der Waals surface area contributed by atoms with Gasteiger partial charge in [-0.15, -0.1) is 0 Å². The molecular formula is C12H19N. The van der Waals surface area contributed by atoms with Crippen molar-refractivity contribution >= 4 is 5.69 Å². The van der Waals surface area contributed by atoms with Crippen LogP contribution in [0.25, 0.3) is 0 Å². The Bertz CT molecular complexity index is 278. The van der Waals surface area contributed by atoms with Gasteiger partial charge in [-0.25, -0.2) is 0 Å². The van der Waals surface area contributed by atoms with E-state index in [1.807, 2.05) is 0 Å². The number of hydrogen-bond donors (Lipinski definition) is 1. The monoisotopic (exact) mass is 177 g/mol. The molecule has 1 atom stereocenters. The van der Waals surface area contributed by atoms with Crippen molar-refractivity contribution in [3.05, 3.63) is 29.3 Å². The maximum absolute atomic E-state index is 3.50. The molecule has 1 nitrogen and oxygen atoms in total. The quantitative estimate of drug-likeness (QED) is 0.745.